The number of aryl methyl sites for hydroxylation is 1. The van der Waals surface area contributed by atoms with E-state index in [0.29, 0.717) is 25.7 Å². The summed E-state index contributed by atoms with van der Waals surface area (Å²) in [6.45, 7) is 16.2. The highest BCUT2D eigenvalue weighted by Gasteiger charge is 2.24. The summed E-state index contributed by atoms with van der Waals surface area (Å²) < 4.78 is 1.85. The number of anilines is 1. The van der Waals surface area contributed by atoms with Crippen LogP contribution in [-0.2, 0) is 4.79 Å². The van der Waals surface area contributed by atoms with E-state index in [1.54, 1.807) is 6.33 Å². The SMILES string of the molecule is Cc1c(-c2[nH]c3ccc(N4CCN(C(=O)CNC(C)C)CC4)nc3c2C(C)C)cn2ncnc2c1C. The van der Waals surface area contributed by atoms with Gasteiger partial charge in [-0.05, 0) is 43.0 Å². The zero-order valence-corrected chi connectivity index (χ0v) is 22.1. The number of carbonyl (C=O) groups excluding carboxylic acids is 1. The van der Waals surface area contributed by atoms with Crippen molar-refractivity contribution in [3.05, 3.63) is 41.3 Å². The maximum absolute atomic E-state index is 12.5. The average Bonchev–Trinajstić information content (AvgIpc) is 3.49. The molecule has 9 nitrogen and oxygen atoms in total. The van der Waals surface area contributed by atoms with E-state index < -0.39 is 0 Å². The Hall–Kier alpha value is -3.46. The molecule has 0 saturated carbocycles. The molecule has 9 heteroatoms. The molecule has 0 bridgehead atoms. The van der Waals surface area contributed by atoms with Crippen molar-refractivity contribution in [2.45, 2.75) is 53.5 Å². The number of hydrogen-bond donors (Lipinski definition) is 2. The van der Waals surface area contributed by atoms with Gasteiger partial charge in [-0.15, -0.1) is 0 Å². The minimum atomic E-state index is 0.166. The predicted octanol–water partition coefficient (Wildman–Crippen LogP) is 3.66. The van der Waals surface area contributed by atoms with Crippen molar-refractivity contribution < 1.29 is 4.79 Å². The molecule has 36 heavy (non-hydrogen) atoms. The van der Waals surface area contributed by atoms with Crippen molar-refractivity contribution in [2.24, 2.45) is 0 Å². The van der Waals surface area contributed by atoms with Crippen LogP contribution in [0.3, 0.4) is 0 Å². The number of piperazine rings is 1. The number of pyridine rings is 2. The molecule has 1 aliphatic heterocycles. The lowest BCUT2D eigenvalue weighted by Gasteiger charge is -2.35. The predicted molar refractivity (Wildman–Crippen MR) is 144 cm³/mol. The summed E-state index contributed by atoms with van der Waals surface area (Å²) in [6, 6.07) is 4.52. The zero-order chi connectivity index (χ0) is 25.6. The first-order valence-electron chi connectivity index (χ1n) is 12.8. The van der Waals surface area contributed by atoms with Gasteiger partial charge in [0.2, 0.25) is 5.91 Å². The topological polar surface area (TPSA) is 94.5 Å². The normalized spacial score (nSPS) is 14.7. The monoisotopic (exact) mass is 488 g/mol. The Balaban J connectivity index is 1.45. The number of aromatic amines is 1. The van der Waals surface area contributed by atoms with Gasteiger partial charge in [0.25, 0.3) is 0 Å². The number of hydrogen-bond acceptors (Lipinski definition) is 6. The quantitative estimate of drug-likeness (QED) is 0.430. The Labute approximate surface area is 211 Å². The molecule has 0 radical (unpaired) electrons. The lowest BCUT2D eigenvalue weighted by molar-refractivity contribution is -0.130. The highest BCUT2D eigenvalue weighted by molar-refractivity contribution is 5.90. The van der Waals surface area contributed by atoms with Crippen molar-refractivity contribution in [1.82, 2.24) is 34.8 Å². The van der Waals surface area contributed by atoms with E-state index in [4.69, 9.17) is 4.98 Å². The Bertz CT molecular complexity index is 1410. The van der Waals surface area contributed by atoms with E-state index in [1.807, 2.05) is 9.42 Å². The summed E-state index contributed by atoms with van der Waals surface area (Å²) in [5.41, 5.74) is 8.67. The fourth-order valence-corrected chi connectivity index (χ4v) is 5.07. The summed E-state index contributed by atoms with van der Waals surface area (Å²) in [6.07, 6.45) is 3.66. The van der Waals surface area contributed by atoms with Gasteiger partial charge in [0.05, 0.1) is 23.3 Å². The zero-order valence-electron chi connectivity index (χ0n) is 22.1. The number of fused-ring (bicyclic) bond motifs is 2. The smallest absolute Gasteiger partial charge is 0.236 e. The van der Waals surface area contributed by atoms with Crippen molar-refractivity contribution in [2.75, 3.05) is 37.6 Å². The second-order valence-electron chi connectivity index (χ2n) is 10.4. The van der Waals surface area contributed by atoms with Gasteiger partial charge in [0.1, 0.15) is 12.1 Å². The maximum atomic E-state index is 12.5. The van der Waals surface area contributed by atoms with Crippen LogP contribution in [0.4, 0.5) is 5.82 Å². The standard InChI is InChI=1S/C27H36N8O/c1-16(2)24-25(20-14-35-27(29-15-30-35)19(6)18(20)5)31-21-7-8-22(32-26(21)24)33-9-11-34(12-10-33)23(36)13-28-17(3)4/h7-8,14-17,28,31H,9-13H2,1-6H3. The van der Waals surface area contributed by atoms with Crippen LogP contribution in [-0.4, -0.2) is 74.1 Å². The van der Waals surface area contributed by atoms with Crippen LogP contribution in [0.5, 0.6) is 0 Å². The maximum Gasteiger partial charge on any atom is 0.236 e. The van der Waals surface area contributed by atoms with Crippen LogP contribution in [0.25, 0.3) is 27.9 Å². The molecule has 0 aliphatic carbocycles. The average molecular weight is 489 g/mol. The van der Waals surface area contributed by atoms with Crippen LogP contribution >= 0.6 is 0 Å². The molecule has 5 rings (SSSR count). The lowest BCUT2D eigenvalue weighted by atomic mass is 9.95. The molecule has 1 saturated heterocycles. The van der Waals surface area contributed by atoms with Crippen LogP contribution in [0.1, 0.15) is 50.3 Å². The Kier molecular flexibility index (Phi) is 6.42. The van der Waals surface area contributed by atoms with E-state index in [1.165, 1.54) is 11.1 Å². The fourth-order valence-electron chi connectivity index (χ4n) is 5.07. The van der Waals surface area contributed by atoms with Gasteiger partial charge < -0.3 is 20.1 Å². The van der Waals surface area contributed by atoms with Crippen LogP contribution in [0.15, 0.2) is 24.7 Å². The van der Waals surface area contributed by atoms with Gasteiger partial charge in [-0.25, -0.2) is 14.5 Å². The van der Waals surface area contributed by atoms with Gasteiger partial charge in [0, 0.05) is 49.5 Å². The van der Waals surface area contributed by atoms with E-state index >= 15 is 0 Å². The fraction of sp³-hybridized carbons (Fsp3) is 0.481. The molecule has 0 unspecified atom stereocenters. The molecular weight excluding hydrogens is 452 g/mol. The van der Waals surface area contributed by atoms with Gasteiger partial charge in [-0.1, -0.05) is 27.7 Å². The molecule has 0 aromatic carbocycles. The Morgan fingerprint density at radius 3 is 2.53 bits per heavy atom. The molecule has 4 aromatic heterocycles. The first-order chi connectivity index (χ1) is 17.2. The van der Waals surface area contributed by atoms with E-state index in [-0.39, 0.29) is 11.8 Å². The van der Waals surface area contributed by atoms with Crippen molar-refractivity contribution in [3.8, 4) is 11.3 Å². The molecule has 0 spiro atoms. The molecule has 2 N–H and O–H groups in total. The molecule has 0 atom stereocenters. The number of aromatic nitrogens is 5. The van der Waals surface area contributed by atoms with Gasteiger partial charge in [-0.3, -0.25) is 4.79 Å². The summed E-state index contributed by atoms with van der Waals surface area (Å²) in [4.78, 5) is 30.0. The van der Waals surface area contributed by atoms with Crippen LogP contribution in [0.2, 0.25) is 0 Å². The lowest BCUT2D eigenvalue weighted by Crippen LogP contribution is -2.51. The number of rotatable bonds is 6. The Morgan fingerprint density at radius 2 is 1.83 bits per heavy atom. The number of nitrogens with zero attached hydrogens (tertiary/aromatic N) is 6. The molecular formula is C27H36N8O. The first kappa shape index (κ1) is 24.2. The molecule has 190 valence electrons. The summed E-state index contributed by atoms with van der Waals surface area (Å²) in [7, 11) is 0. The highest BCUT2D eigenvalue weighted by atomic mass is 16.2. The second kappa shape index (κ2) is 9.54. The minimum absolute atomic E-state index is 0.166. The summed E-state index contributed by atoms with van der Waals surface area (Å²) >= 11 is 0. The summed E-state index contributed by atoms with van der Waals surface area (Å²) in [5, 5.41) is 7.61. The van der Waals surface area contributed by atoms with E-state index in [9.17, 15) is 4.79 Å². The van der Waals surface area contributed by atoms with Gasteiger partial charge >= 0.3 is 0 Å². The number of H-pyrrole nitrogens is 1. The third-order valence-electron chi connectivity index (χ3n) is 7.26. The molecule has 1 amide bonds. The number of carbonyl (C=O) groups is 1. The van der Waals surface area contributed by atoms with E-state index in [2.05, 4.69) is 85.2 Å². The van der Waals surface area contributed by atoms with Gasteiger partial charge in [-0.2, -0.15) is 5.10 Å². The molecule has 1 aliphatic rings. The molecule has 1 fully saturated rings. The van der Waals surface area contributed by atoms with Crippen molar-refractivity contribution in [3.63, 3.8) is 0 Å². The third kappa shape index (κ3) is 4.32. The largest absolute Gasteiger partial charge is 0.353 e. The highest BCUT2D eigenvalue weighted by Crippen LogP contribution is 2.37. The van der Waals surface area contributed by atoms with Crippen molar-refractivity contribution >= 4 is 28.4 Å². The third-order valence-corrected chi connectivity index (χ3v) is 7.26. The molecule has 5 heterocycles. The summed E-state index contributed by atoms with van der Waals surface area (Å²) in [5.74, 6) is 1.41. The van der Waals surface area contributed by atoms with Crippen LogP contribution < -0.4 is 10.2 Å². The number of nitrogens with one attached hydrogen (secondary N) is 2. The second-order valence-corrected chi connectivity index (χ2v) is 10.4. The van der Waals surface area contributed by atoms with Crippen molar-refractivity contribution in [1.29, 1.82) is 0 Å². The minimum Gasteiger partial charge on any atom is -0.353 e. The Morgan fingerprint density at radius 1 is 1.08 bits per heavy atom. The first-order valence-corrected chi connectivity index (χ1v) is 12.8. The molecule has 4 aromatic rings. The van der Waals surface area contributed by atoms with Crippen LogP contribution in [0, 0.1) is 13.8 Å². The van der Waals surface area contributed by atoms with Gasteiger partial charge in [0.15, 0.2) is 5.65 Å². The number of amides is 1. The van der Waals surface area contributed by atoms with E-state index in [0.717, 1.165) is 52.4 Å².